The number of esters is 2. The number of anilines is 2. The monoisotopic (exact) mass is 442 g/mol. The molecule has 28 heavy (non-hydrogen) atoms. The van der Waals surface area contributed by atoms with Gasteiger partial charge in [0.25, 0.3) is 0 Å². The minimum Gasteiger partial charge on any atom is -0.469 e. The third kappa shape index (κ3) is 3.94. The van der Waals surface area contributed by atoms with Crippen LogP contribution in [0.3, 0.4) is 0 Å². The zero-order valence-electron chi connectivity index (χ0n) is 14.9. The lowest BCUT2D eigenvalue weighted by molar-refractivity contribution is -0.142. The minimum absolute atomic E-state index is 0.180. The number of urea groups is 1. The van der Waals surface area contributed by atoms with Crippen LogP contribution < -0.4 is 10.6 Å². The number of carbonyl (C=O) groups excluding carboxylic acids is 3. The normalized spacial score (nSPS) is 14.9. The van der Waals surface area contributed by atoms with Crippen molar-refractivity contribution in [3.63, 3.8) is 0 Å². The highest BCUT2D eigenvalue weighted by atomic mass is 35.5. The average molecular weight is 443 g/mol. The lowest BCUT2D eigenvalue weighted by atomic mass is 9.99. The van der Waals surface area contributed by atoms with Crippen molar-refractivity contribution in [3.05, 3.63) is 44.2 Å². The van der Waals surface area contributed by atoms with Crippen LogP contribution in [0.4, 0.5) is 15.5 Å². The van der Waals surface area contributed by atoms with Crippen LogP contribution in [0.25, 0.3) is 0 Å². The van der Waals surface area contributed by atoms with Crippen molar-refractivity contribution in [2.45, 2.75) is 18.8 Å². The van der Waals surface area contributed by atoms with Crippen LogP contribution in [0.1, 0.15) is 33.1 Å². The maximum absolute atomic E-state index is 12.4. The van der Waals surface area contributed by atoms with E-state index in [1.54, 1.807) is 12.1 Å². The van der Waals surface area contributed by atoms with Gasteiger partial charge in [-0.3, -0.25) is 10.1 Å². The predicted octanol–water partition coefficient (Wildman–Crippen LogP) is 4.69. The average Bonchev–Trinajstić information content (AvgIpc) is 3.22. The van der Waals surface area contributed by atoms with Gasteiger partial charge in [-0.25, -0.2) is 9.59 Å². The number of carbonyl (C=O) groups is 3. The molecule has 0 radical (unpaired) electrons. The molecule has 0 aliphatic heterocycles. The van der Waals surface area contributed by atoms with E-state index in [0.29, 0.717) is 39.1 Å². The Bertz CT molecular complexity index is 960. The minimum atomic E-state index is -0.627. The molecule has 1 heterocycles. The number of benzene rings is 1. The summed E-state index contributed by atoms with van der Waals surface area (Å²) in [6, 6.07) is 4.08. The highest BCUT2D eigenvalue weighted by molar-refractivity contribution is 7.17. The topological polar surface area (TPSA) is 93.7 Å². The summed E-state index contributed by atoms with van der Waals surface area (Å²) in [4.78, 5) is 37.7. The number of amides is 2. The number of fused-ring (bicyclic) bond motifs is 1. The number of ether oxygens (including phenoxy) is 2. The molecule has 2 N–H and O–H groups in total. The molecule has 2 aromatic rings. The second-order valence-electron chi connectivity index (χ2n) is 5.96. The predicted molar refractivity (Wildman–Crippen MR) is 108 cm³/mol. The number of methoxy groups -OCH3 is 2. The first-order chi connectivity index (χ1) is 13.3. The molecule has 0 bridgehead atoms. The molecule has 148 valence electrons. The molecule has 0 saturated carbocycles. The number of hydrogen-bond acceptors (Lipinski definition) is 6. The molecule has 3 rings (SSSR count). The van der Waals surface area contributed by atoms with E-state index >= 15 is 0 Å². The molecular formula is C18H16Cl2N2O5S. The van der Waals surface area contributed by atoms with Crippen molar-refractivity contribution in [2.75, 3.05) is 24.9 Å². The largest absolute Gasteiger partial charge is 0.469 e. The summed E-state index contributed by atoms with van der Waals surface area (Å²) in [5, 5.41) is 6.25. The van der Waals surface area contributed by atoms with E-state index in [1.807, 2.05) is 0 Å². The molecule has 1 aliphatic rings. The highest BCUT2D eigenvalue weighted by Crippen LogP contribution is 2.45. The van der Waals surface area contributed by atoms with Gasteiger partial charge in [0.05, 0.1) is 35.7 Å². The SMILES string of the molecule is COC(=O)c1c(NC(=O)Nc2ccc(Cl)c(Cl)c2)sc2c1[C@H](C(=O)OC)CC2. The summed E-state index contributed by atoms with van der Waals surface area (Å²) in [7, 11) is 2.54. The van der Waals surface area contributed by atoms with E-state index in [0.717, 1.165) is 4.88 Å². The van der Waals surface area contributed by atoms with Crippen LogP contribution in [-0.4, -0.2) is 32.2 Å². The summed E-state index contributed by atoms with van der Waals surface area (Å²) >= 11 is 13.1. The molecule has 1 aromatic heterocycles. The number of rotatable bonds is 4. The number of nitrogens with one attached hydrogen (secondary N) is 2. The van der Waals surface area contributed by atoms with Gasteiger partial charge in [0.2, 0.25) is 0 Å². The van der Waals surface area contributed by atoms with Gasteiger partial charge in [0.1, 0.15) is 5.00 Å². The van der Waals surface area contributed by atoms with Crippen molar-refractivity contribution in [1.29, 1.82) is 0 Å². The molecule has 1 atom stereocenters. The van der Waals surface area contributed by atoms with Crippen molar-refractivity contribution in [2.24, 2.45) is 0 Å². The second-order valence-corrected chi connectivity index (χ2v) is 7.88. The van der Waals surface area contributed by atoms with Crippen LogP contribution in [0.15, 0.2) is 18.2 Å². The van der Waals surface area contributed by atoms with Gasteiger partial charge in [0, 0.05) is 10.6 Å². The lowest BCUT2D eigenvalue weighted by Crippen LogP contribution is -2.21. The fourth-order valence-corrected chi connectivity index (χ4v) is 4.63. The lowest BCUT2D eigenvalue weighted by Gasteiger charge is -2.12. The van der Waals surface area contributed by atoms with Gasteiger partial charge >= 0.3 is 18.0 Å². The molecule has 0 spiro atoms. The molecule has 10 heteroatoms. The zero-order valence-corrected chi connectivity index (χ0v) is 17.3. The summed E-state index contributed by atoms with van der Waals surface area (Å²) < 4.78 is 9.70. The molecule has 1 aliphatic carbocycles. The maximum Gasteiger partial charge on any atom is 0.341 e. The van der Waals surface area contributed by atoms with Gasteiger partial charge < -0.3 is 14.8 Å². The van der Waals surface area contributed by atoms with Gasteiger partial charge in [-0.1, -0.05) is 23.2 Å². The van der Waals surface area contributed by atoms with Gasteiger partial charge in [-0.2, -0.15) is 0 Å². The Balaban J connectivity index is 1.87. The molecule has 2 amide bonds. The Labute approximate surface area is 174 Å². The maximum atomic E-state index is 12.4. The second kappa shape index (κ2) is 8.38. The Morgan fingerprint density at radius 2 is 1.86 bits per heavy atom. The highest BCUT2D eigenvalue weighted by Gasteiger charge is 2.38. The molecule has 0 fully saturated rings. The first-order valence-electron chi connectivity index (χ1n) is 8.20. The molecular weight excluding hydrogens is 427 g/mol. The Morgan fingerprint density at radius 3 is 2.50 bits per heavy atom. The third-order valence-corrected chi connectivity index (χ3v) is 6.23. The van der Waals surface area contributed by atoms with Gasteiger partial charge in [0.15, 0.2) is 0 Å². The standard InChI is InChI=1S/C18H16Cl2N2O5S/c1-26-16(23)9-4-6-12-13(9)14(17(24)27-2)15(28-12)22-18(25)21-8-3-5-10(19)11(20)7-8/h3,5,7,9H,4,6H2,1-2H3,(H2,21,22,25)/t9-/m1/s1. The quantitative estimate of drug-likeness (QED) is 0.669. The van der Waals surface area contributed by atoms with Crippen LogP contribution in [0.2, 0.25) is 10.0 Å². The first-order valence-corrected chi connectivity index (χ1v) is 9.77. The number of hydrogen-bond donors (Lipinski definition) is 2. The molecule has 0 saturated heterocycles. The van der Waals surface area contributed by atoms with Crippen LogP contribution in [0.5, 0.6) is 0 Å². The van der Waals surface area contributed by atoms with E-state index in [2.05, 4.69) is 10.6 Å². The van der Waals surface area contributed by atoms with Crippen LogP contribution >= 0.6 is 34.5 Å². The Morgan fingerprint density at radius 1 is 1.11 bits per heavy atom. The fourth-order valence-electron chi connectivity index (χ4n) is 3.08. The Kier molecular flexibility index (Phi) is 6.12. The third-order valence-electron chi connectivity index (χ3n) is 4.31. The van der Waals surface area contributed by atoms with E-state index < -0.39 is 23.9 Å². The first kappa shape index (κ1) is 20.4. The van der Waals surface area contributed by atoms with E-state index in [9.17, 15) is 14.4 Å². The zero-order chi connectivity index (χ0) is 20.4. The van der Waals surface area contributed by atoms with Crippen molar-refractivity contribution in [3.8, 4) is 0 Å². The molecule has 7 nitrogen and oxygen atoms in total. The molecule has 1 aromatic carbocycles. The van der Waals surface area contributed by atoms with Crippen molar-refractivity contribution >= 4 is 63.2 Å². The summed E-state index contributed by atoms with van der Waals surface area (Å²) in [6.07, 6.45) is 1.16. The van der Waals surface area contributed by atoms with Crippen molar-refractivity contribution < 1.29 is 23.9 Å². The summed E-state index contributed by atoms with van der Waals surface area (Å²) in [5.74, 6) is -1.61. The smallest absolute Gasteiger partial charge is 0.341 e. The number of aryl methyl sites for hydroxylation is 1. The number of thiophene rings is 1. The van der Waals surface area contributed by atoms with E-state index in [4.69, 9.17) is 32.7 Å². The van der Waals surface area contributed by atoms with Crippen LogP contribution in [-0.2, 0) is 20.7 Å². The van der Waals surface area contributed by atoms with E-state index in [1.165, 1.54) is 31.6 Å². The van der Waals surface area contributed by atoms with Crippen LogP contribution in [0, 0.1) is 0 Å². The fraction of sp³-hybridized carbons (Fsp3) is 0.278. The van der Waals surface area contributed by atoms with E-state index in [-0.39, 0.29) is 5.56 Å². The molecule has 0 unspecified atom stereocenters. The van der Waals surface area contributed by atoms with Crippen molar-refractivity contribution in [1.82, 2.24) is 0 Å². The summed E-state index contributed by atoms with van der Waals surface area (Å²) in [6.45, 7) is 0. The van der Waals surface area contributed by atoms with Gasteiger partial charge in [-0.15, -0.1) is 11.3 Å². The summed E-state index contributed by atoms with van der Waals surface area (Å²) in [5.41, 5.74) is 1.18. The Hall–Kier alpha value is -2.29. The number of halogens is 2. The van der Waals surface area contributed by atoms with Gasteiger partial charge in [-0.05, 0) is 36.6 Å².